The van der Waals surface area contributed by atoms with Gasteiger partial charge in [-0.05, 0) is 56.2 Å². The maximum absolute atomic E-state index is 13.9. The largest absolute Gasteiger partial charge is 0.488 e. The van der Waals surface area contributed by atoms with Crippen molar-refractivity contribution < 1.29 is 13.7 Å². The van der Waals surface area contributed by atoms with Crippen LogP contribution in [0.5, 0.6) is 5.75 Å². The molecule has 0 bridgehead atoms. The fourth-order valence-electron chi connectivity index (χ4n) is 4.52. The smallest absolute Gasteiger partial charge is 0.274 e. The molecule has 0 saturated heterocycles. The van der Waals surface area contributed by atoms with Crippen molar-refractivity contribution in [1.29, 1.82) is 0 Å². The lowest BCUT2D eigenvalue weighted by Crippen LogP contribution is -2.27. The molecule has 2 heterocycles. The number of hydrogen-bond acceptors (Lipinski definition) is 5. The lowest BCUT2D eigenvalue weighted by molar-refractivity contribution is 0.307. The first-order chi connectivity index (χ1) is 18.9. The predicted molar refractivity (Wildman–Crippen MR) is 150 cm³/mol. The van der Waals surface area contributed by atoms with Gasteiger partial charge in [0, 0.05) is 16.7 Å². The Morgan fingerprint density at radius 2 is 1.69 bits per heavy atom. The Morgan fingerprint density at radius 3 is 2.44 bits per heavy atom. The molecule has 0 N–H and O–H groups in total. The molecule has 6 nitrogen and oxygen atoms in total. The number of aryl methyl sites for hydroxylation is 3. The van der Waals surface area contributed by atoms with Crippen LogP contribution in [-0.4, -0.2) is 14.9 Å². The van der Waals surface area contributed by atoms with Gasteiger partial charge in [0.2, 0.25) is 0 Å². The highest BCUT2D eigenvalue weighted by Crippen LogP contribution is 2.34. The zero-order valence-electron chi connectivity index (χ0n) is 22.0. The van der Waals surface area contributed by atoms with Crippen molar-refractivity contribution in [3.8, 4) is 16.9 Å². The Kier molecular flexibility index (Phi) is 7.50. The van der Waals surface area contributed by atoms with E-state index in [1.807, 2.05) is 75.4 Å². The van der Waals surface area contributed by atoms with Gasteiger partial charge in [-0.1, -0.05) is 71.9 Å². The van der Waals surface area contributed by atoms with Crippen LogP contribution in [0.2, 0.25) is 0 Å². The Hall–Kier alpha value is -4.78. The molecule has 0 radical (unpaired) electrons. The average molecular weight is 522 g/mol. The lowest BCUT2D eigenvalue weighted by atomic mass is 9.97. The molecule has 3 aromatic carbocycles. The molecule has 0 saturated carbocycles. The third kappa shape index (κ3) is 5.72. The summed E-state index contributed by atoms with van der Waals surface area (Å²) in [5, 5.41) is 8.69. The second kappa shape index (κ2) is 11.3. The van der Waals surface area contributed by atoms with E-state index in [4.69, 9.17) is 9.26 Å². The highest BCUT2D eigenvalue weighted by Gasteiger charge is 2.20. The van der Waals surface area contributed by atoms with Gasteiger partial charge >= 0.3 is 0 Å². The van der Waals surface area contributed by atoms with E-state index in [0.717, 1.165) is 16.7 Å². The third-order valence-corrected chi connectivity index (χ3v) is 6.54. The number of rotatable bonds is 8. The third-order valence-electron chi connectivity index (χ3n) is 6.54. The minimum absolute atomic E-state index is 0.216. The second-order valence-corrected chi connectivity index (χ2v) is 9.30. The van der Waals surface area contributed by atoms with Crippen LogP contribution < -0.4 is 10.3 Å². The van der Waals surface area contributed by atoms with Crippen molar-refractivity contribution in [2.75, 3.05) is 0 Å². The molecule has 0 amide bonds. The molecule has 7 heteroatoms. The molecule has 196 valence electrons. The summed E-state index contributed by atoms with van der Waals surface area (Å²) in [5.74, 6) is 0.924. The van der Waals surface area contributed by atoms with E-state index in [9.17, 15) is 9.18 Å². The van der Waals surface area contributed by atoms with Gasteiger partial charge in [-0.3, -0.25) is 4.79 Å². The quantitative estimate of drug-likeness (QED) is 0.226. The second-order valence-electron chi connectivity index (χ2n) is 9.30. The van der Waals surface area contributed by atoms with Gasteiger partial charge in [0.25, 0.3) is 5.56 Å². The van der Waals surface area contributed by atoms with E-state index >= 15 is 0 Å². The number of hydrogen-bond donors (Lipinski definition) is 0. The van der Waals surface area contributed by atoms with Crippen LogP contribution in [0.4, 0.5) is 4.39 Å². The molecule has 0 aliphatic rings. The maximum Gasteiger partial charge on any atom is 0.274 e. The van der Waals surface area contributed by atoms with Gasteiger partial charge in [0.15, 0.2) is 0 Å². The van der Waals surface area contributed by atoms with Crippen molar-refractivity contribution in [2.24, 2.45) is 0 Å². The van der Waals surface area contributed by atoms with E-state index in [2.05, 4.69) is 10.3 Å². The molecule has 0 fully saturated rings. The molecule has 0 aliphatic heterocycles. The van der Waals surface area contributed by atoms with Crippen LogP contribution in [0.1, 0.15) is 39.4 Å². The average Bonchev–Trinajstić information content (AvgIpc) is 3.26. The van der Waals surface area contributed by atoms with E-state index in [0.29, 0.717) is 46.2 Å². The molecule has 0 spiro atoms. The van der Waals surface area contributed by atoms with Crippen LogP contribution >= 0.6 is 0 Å². The van der Waals surface area contributed by atoms with Crippen LogP contribution in [0.15, 0.2) is 88.2 Å². The number of benzene rings is 3. The van der Waals surface area contributed by atoms with Gasteiger partial charge in [-0.2, -0.15) is 5.10 Å². The summed E-state index contributed by atoms with van der Waals surface area (Å²) < 4.78 is 26.8. The summed E-state index contributed by atoms with van der Waals surface area (Å²) in [7, 11) is 0. The summed E-state index contributed by atoms with van der Waals surface area (Å²) >= 11 is 0. The highest BCUT2D eigenvalue weighted by molar-refractivity contribution is 5.84. The topological polar surface area (TPSA) is 70.2 Å². The number of aromatic nitrogens is 3. The monoisotopic (exact) mass is 521 g/mol. The first-order valence-corrected chi connectivity index (χ1v) is 12.6. The molecule has 0 aliphatic carbocycles. The number of halogens is 1. The van der Waals surface area contributed by atoms with Crippen LogP contribution in [-0.2, 0) is 13.2 Å². The molecule has 0 unspecified atom stereocenters. The van der Waals surface area contributed by atoms with Crippen molar-refractivity contribution >= 4 is 12.2 Å². The Balaban J connectivity index is 1.63. The minimum atomic E-state index is -0.348. The zero-order chi connectivity index (χ0) is 27.4. The fraction of sp³-hybridized carbons (Fsp3) is 0.156. The van der Waals surface area contributed by atoms with Crippen LogP contribution in [0.25, 0.3) is 23.3 Å². The first kappa shape index (κ1) is 25.9. The SMILES string of the molecule is Cc1noc(C)c1Cn1nc(C)c(-c2ccccc2OCc2ccccc2)c(/C=C/c2cccc(F)c2)c1=O. The van der Waals surface area contributed by atoms with Gasteiger partial charge in [-0.15, -0.1) is 0 Å². The van der Waals surface area contributed by atoms with Crippen molar-refractivity contribution in [3.63, 3.8) is 0 Å². The van der Waals surface area contributed by atoms with Gasteiger partial charge < -0.3 is 9.26 Å². The predicted octanol–water partition coefficient (Wildman–Crippen LogP) is 6.76. The fourth-order valence-corrected chi connectivity index (χ4v) is 4.52. The molecule has 0 atom stereocenters. The summed E-state index contributed by atoms with van der Waals surface area (Å²) in [6.07, 6.45) is 3.45. The summed E-state index contributed by atoms with van der Waals surface area (Å²) in [6, 6.07) is 23.7. The number of para-hydroxylation sites is 1. The molecule has 5 aromatic rings. The standard InChI is InChI=1S/C32H28FN3O3/c1-21-29(23(3)39-35-21)19-36-32(37)28(17-16-24-12-9-13-26(33)18-24)31(22(2)34-36)27-14-7-8-15-30(27)38-20-25-10-5-4-6-11-25/h4-18H,19-20H2,1-3H3/b17-16+. The van der Waals surface area contributed by atoms with E-state index < -0.39 is 0 Å². The summed E-state index contributed by atoms with van der Waals surface area (Å²) in [5.41, 5.74) is 5.38. The highest BCUT2D eigenvalue weighted by atomic mass is 19.1. The zero-order valence-corrected chi connectivity index (χ0v) is 22.0. The number of nitrogens with zero attached hydrogens (tertiary/aromatic N) is 3. The van der Waals surface area contributed by atoms with Crippen molar-refractivity contribution in [1.82, 2.24) is 14.9 Å². The lowest BCUT2D eigenvalue weighted by Gasteiger charge is -2.17. The summed E-state index contributed by atoms with van der Waals surface area (Å²) in [4.78, 5) is 13.9. The Morgan fingerprint density at radius 1 is 0.923 bits per heavy atom. The Labute approximate surface area is 226 Å². The van der Waals surface area contributed by atoms with E-state index in [1.165, 1.54) is 16.8 Å². The van der Waals surface area contributed by atoms with Gasteiger partial charge in [-0.25, -0.2) is 9.07 Å². The van der Waals surface area contributed by atoms with Crippen molar-refractivity contribution in [2.45, 2.75) is 33.9 Å². The van der Waals surface area contributed by atoms with Gasteiger partial charge in [0.05, 0.1) is 23.5 Å². The maximum atomic E-state index is 13.9. The molecular formula is C32H28FN3O3. The molecule has 39 heavy (non-hydrogen) atoms. The number of ether oxygens (including phenoxy) is 1. The van der Waals surface area contributed by atoms with E-state index in [-0.39, 0.29) is 17.9 Å². The van der Waals surface area contributed by atoms with Crippen LogP contribution in [0.3, 0.4) is 0 Å². The van der Waals surface area contributed by atoms with Crippen LogP contribution in [0, 0.1) is 26.6 Å². The summed E-state index contributed by atoms with van der Waals surface area (Å²) in [6.45, 7) is 6.11. The van der Waals surface area contributed by atoms with Crippen molar-refractivity contribution in [3.05, 3.63) is 134 Å². The normalized spacial score (nSPS) is 11.3. The molecular weight excluding hydrogens is 493 g/mol. The molecule has 5 rings (SSSR count). The molecule has 2 aromatic heterocycles. The van der Waals surface area contributed by atoms with Gasteiger partial charge in [0.1, 0.15) is 23.9 Å². The van der Waals surface area contributed by atoms with E-state index in [1.54, 1.807) is 24.3 Å². The Bertz CT molecular complexity index is 1680. The first-order valence-electron chi connectivity index (χ1n) is 12.6. The minimum Gasteiger partial charge on any atom is -0.488 e.